The van der Waals surface area contributed by atoms with Gasteiger partial charge in [-0.2, -0.15) is 0 Å². The van der Waals surface area contributed by atoms with Gasteiger partial charge in [-0.25, -0.2) is 8.78 Å². The molecule has 1 N–H and O–H groups in total. The van der Waals surface area contributed by atoms with Crippen molar-refractivity contribution in [2.75, 3.05) is 13.1 Å². The predicted octanol–water partition coefficient (Wildman–Crippen LogP) is 4.05. The molecule has 0 unspecified atom stereocenters. The van der Waals surface area contributed by atoms with Gasteiger partial charge in [-0.15, -0.1) is 0 Å². The smallest absolute Gasteiger partial charge is 0.258 e. The molecule has 0 bridgehead atoms. The molecule has 0 spiro atoms. The van der Waals surface area contributed by atoms with Crippen molar-refractivity contribution in [3.8, 4) is 0 Å². The summed E-state index contributed by atoms with van der Waals surface area (Å²) >= 11 is 0. The van der Waals surface area contributed by atoms with Crippen LogP contribution in [0.15, 0.2) is 59.4 Å². The minimum Gasteiger partial charge on any atom is -0.339 e. The van der Waals surface area contributed by atoms with E-state index in [2.05, 4.69) is 4.98 Å². The Balaban J connectivity index is 1.42. The minimum absolute atomic E-state index is 0.0319. The summed E-state index contributed by atoms with van der Waals surface area (Å²) in [6.07, 6.45) is 3.08. The van der Waals surface area contributed by atoms with Crippen molar-refractivity contribution in [2.24, 2.45) is 0 Å². The highest BCUT2D eigenvalue weighted by molar-refractivity contribution is 5.83. The molecule has 4 rings (SSSR count). The average molecular weight is 394 g/mol. The Labute approximate surface area is 166 Å². The summed E-state index contributed by atoms with van der Waals surface area (Å²) in [5, 5.41) is 0.552. The second kappa shape index (κ2) is 7.99. The van der Waals surface area contributed by atoms with E-state index in [1.54, 1.807) is 41.3 Å². The van der Waals surface area contributed by atoms with Crippen molar-refractivity contribution in [1.82, 2.24) is 9.88 Å². The van der Waals surface area contributed by atoms with Gasteiger partial charge < -0.3 is 9.88 Å². The van der Waals surface area contributed by atoms with Crippen LogP contribution in [0.3, 0.4) is 0 Å². The number of H-pyrrole nitrogens is 1. The van der Waals surface area contributed by atoms with Crippen LogP contribution in [0.4, 0.5) is 8.78 Å². The third kappa shape index (κ3) is 3.97. The molecule has 0 saturated heterocycles. The van der Waals surface area contributed by atoms with Crippen LogP contribution in [-0.4, -0.2) is 28.9 Å². The predicted molar refractivity (Wildman–Crippen MR) is 108 cm³/mol. The summed E-state index contributed by atoms with van der Waals surface area (Å²) < 4.78 is 27.7. The monoisotopic (exact) mass is 394 g/mol. The van der Waals surface area contributed by atoms with Crippen LogP contribution in [0.2, 0.25) is 0 Å². The molecule has 148 valence electrons. The highest BCUT2D eigenvalue weighted by Crippen LogP contribution is 2.25. The first kappa shape index (κ1) is 19.1. The van der Waals surface area contributed by atoms with Crippen LogP contribution < -0.4 is 5.56 Å². The lowest BCUT2D eigenvalue weighted by atomic mass is 9.98. The van der Waals surface area contributed by atoms with E-state index in [0.717, 1.165) is 5.57 Å². The van der Waals surface area contributed by atoms with E-state index in [0.29, 0.717) is 42.6 Å². The maximum absolute atomic E-state index is 13.9. The van der Waals surface area contributed by atoms with Gasteiger partial charge in [-0.1, -0.05) is 36.4 Å². The number of aromatic nitrogens is 1. The van der Waals surface area contributed by atoms with E-state index in [1.807, 2.05) is 6.08 Å². The summed E-state index contributed by atoms with van der Waals surface area (Å²) in [7, 11) is 0. The van der Waals surface area contributed by atoms with E-state index < -0.39 is 11.4 Å². The Bertz CT molecular complexity index is 1170. The molecule has 0 saturated carbocycles. The van der Waals surface area contributed by atoms with Gasteiger partial charge in [0.1, 0.15) is 11.6 Å². The molecule has 2 heterocycles. The van der Waals surface area contributed by atoms with Crippen LogP contribution in [-0.2, 0) is 11.2 Å². The first-order chi connectivity index (χ1) is 14.0. The Morgan fingerprint density at radius 2 is 1.86 bits per heavy atom. The van der Waals surface area contributed by atoms with Gasteiger partial charge in [0, 0.05) is 30.8 Å². The molecule has 4 nitrogen and oxygen atoms in total. The lowest BCUT2D eigenvalue weighted by Crippen LogP contribution is -2.35. The first-order valence-corrected chi connectivity index (χ1v) is 9.55. The zero-order chi connectivity index (χ0) is 20.4. The summed E-state index contributed by atoms with van der Waals surface area (Å²) in [6, 6.07) is 12.8. The molecule has 3 aromatic rings. The van der Waals surface area contributed by atoms with Crippen LogP contribution in [0, 0.1) is 11.6 Å². The highest BCUT2D eigenvalue weighted by atomic mass is 19.1. The lowest BCUT2D eigenvalue weighted by molar-refractivity contribution is -0.130. The molecule has 0 atom stereocenters. The van der Waals surface area contributed by atoms with Crippen molar-refractivity contribution < 1.29 is 13.6 Å². The number of carbonyl (C=O) groups excluding carboxylic acids is 1. The molecule has 29 heavy (non-hydrogen) atoms. The summed E-state index contributed by atoms with van der Waals surface area (Å²) in [5.41, 5.74) is 1.60. The number of nitrogens with zero attached hydrogens (tertiary/aromatic N) is 1. The van der Waals surface area contributed by atoms with Gasteiger partial charge in [0.15, 0.2) is 0 Å². The fourth-order valence-corrected chi connectivity index (χ4v) is 3.73. The van der Waals surface area contributed by atoms with Gasteiger partial charge in [0.05, 0.1) is 5.39 Å². The topological polar surface area (TPSA) is 53.2 Å². The number of fused-ring (bicyclic) bond motifs is 1. The fraction of sp³-hybridized carbons (Fsp3) is 0.217. The van der Waals surface area contributed by atoms with E-state index in [-0.39, 0.29) is 23.5 Å². The number of halogens is 2. The number of amides is 1. The Hall–Kier alpha value is -3.28. The van der Waals surface area contributed by atoms with Gasteiger partial charge >= 0.3 is 0 Å². The average Bonchev–Trinajstić information content (AvgIpc) is 2.72. The molecule has 0 fully saturated rings. The van der Waals surface area contributed by atoms with E-state index in [1.165, 1.54) is 12.1 Å². The second-order valence-electron chi connectivity index (χ2n) is 7.13. The number of nitrogens with one attached hydrogen (secondary N) is 1. The molecule has 6 heteroatoms. The zero-order valence-corrected chi connectivity index (χ0v) is 15.8. The third-order valence-electron chi connectivity index (χ3n) is 5.27. The van der Waals surface area contributed by atoms with Crippen LogP contribution in [0.25, 0.3) is 16.3 Å². The van der Waals surface area contributed by atoms with Gasteiger partial charge in [0.2, 0.25) is 5.91 Å². The number of benzene rings is 2. The van der Waals surface area contributed by atoms with Crippen LogP contribution in [0.1, 0.15) is 24.1 Å². The number of hydrogen-bond donors (Lipinski definition) is 1. The normalized spacial score (nSPS) is 14.1. The maximum Gasteiger partial charge on any atom is 0.258 e. The van der Waals surface area contributed by atoms with E-state index >= 15 is 0 Å². The maximum atomic E-state index is 13.9. The molecule has 2 aromatic carbocycles. The molecule has 1 aromatic heterocycles. The SMILES string of the molecule is O=C(CCc1cc2cccc(F)c2c(=O)[nH]1)N1CC=C(c2ccccc2F)CC1. The Morgan fingerprint density at radius 1 is 1.07 bits per heavy atom. The number of rotatable bonds is 4. The third-order valence-corrected chi connectivity index (χ3v) is 5.27. The molecule has 0 radical (unpaired) electrons. The largest absolute Gasteiger partial charge is 0.339 e. The number of aryl methyl sites for hydroxylation is 1. The first-order valence-electron chi connectivity index (χ1n) is 9.55. The number of aromatic amines is 1. The summed E-state index contributed by atoms with van der Waals surface area (Å²) in [6.45, 7) is 0.959. The lowest BCUT2D eigenvalue weighted by Gasteiger charge is -2.27. The molecular weight excluding hydrogens is 374 g/mol. The summed E-state index contributed by atoms with van der Waals surface area (Å²) in [5.74, 6) is -0.846. The van der Waals surface area contributed by atoms with Gasteiger partial charge in [-0.05, 0) is 42.0 Å². The van der Waals surface area contributed by atoms with Crippen molar-refractivity contribution in [3.63, 3.8) is 0 Å². The second-order valence-corrected chi connectivity index (χ2v) is 7.13. The number of pyridine rings is 1. The zero-order valence-electron chi connectivity index (χ0n) is 15.8. The highest BCUT2D eigenvalue weighted by Gasteiger charge is 2.19. The molecule has 1 amide bonds. The van der Waals surface area contributed by atoms with Crippen LogP contribution >= 0.6 is 0 Å². The van der Waals surface area contributed by atoms with Crippen molar-refractivity contribution in [1.29, 1.82) is 0 Å². The summed E-state index contributed by atoms with van der Waals surface area (Å²) in [4.78, 5) is 29.1. The van der Waals surface area contributed by atoms with Gasteiger partial charge in [-0.3, -0.25) is 9.59 Å². The molecule has 1 aliphatic heterocycles. The van der Waals surface area contributed by atoms with Crippen LogP contribution in [0.5, 0.6) is 0 Å². The number of carbonyl (C=O) groups is 1. The minimum atomic E-state index is -0.558. The molecular formula is C23H20F2N2O2. The Morgan fingerprint density at radius 3 is 2.62 bits per heavy atom. The molecule has 0 aliphatic carbocycles. The van der Waals surface area contributed by atoms with E-state index in [4.69, 9.17) is 0 Å². The molecule has 1 aliphatic rings. The van der Waals surface area contributed by atoms with Crippen molar-refractivity contribution in [2.45, 2.75) is 19.3 Å². The number of hydrogen-bond acceptors (Lipinski definition) is 2. The standard InChI is InChI=1S/C23H20F2N2O2/c24-19-6-2-1-5-18(19)15-10-12-27(13-11-15)21(28)9-8-17-14-16-4-3-7-20(25)22(16)23(29)26-17/h1-7,10,14H,8-9,11-13H2,(H,26,29). The van der Waals surface area contributed by atoms with E-state index in [9.17, 15) is 18.4 Å². The Kier molecular flexibility index (Phi) is 5.25. The fourth-order valence-electron chi connectivity index (χ4n) is 3.73. The van der Waals surface area contributed by atoms with Crippen molar-refractivity contribution >= 4 is 22.3 Å². The van der Waals surface area contributed by atoms with Crippen molar-refractivity contribution in [3.05, 3.63) is 87.9 Å². The quantitative estimate of drug-likeness (QED) is 0.726. The van der Waals surface area contributed by atoms with Gasteiger partial charge in [0.25, 0.3) is 5.56 Å².